The van der Waals surface area contributed by atoms with Crippen LogP contribution in [0.3, 0.4) is 0 Å². The van der Waals surface area contributed by atoms with E-state index in [-0.39, 0.29) is 5.91 Å². The Labute approximate surface area is 151 Å². The molecule has 130 valence electrons. The molecular weight excluding hydrogens is 332 g/mol. The standard InChI is InChI=1S/C20H22N2O2S/c1-3-15-6-4-5-9-22(15)20(23)18-12-14-10-13-11-16(24-2)7-8-17(13)21-19(14)25-18/h7-8,10-12,15H,3-6,9H2,1-2H3. The van der Waals surface area contributed by atoms with Gasteiger partial charge in [-0.25, -0.2) is 4.98 Å². The number of carbonyl (C=O) groups is 1. The van der Waals surface area contributed by atoms with E-state index >= 15 is 0 Å². The van der Waals surface area contributed by atoms with Crippen molar-refractivity contribution in [1.82, 2.24) is 9.88 Å². The Morgan fingerprint density at radius 1 is 1.28 bits per heavy atom. The first-order valence-corrected chi connectivity index (χ1v) is 9.70. The highest BCUT2D eigenvalue weighted by atomic mass is 32.1. The molecule has 1 fully saturated rings. The monoisotopic (exact) mass is 354 g/mol. The minimum atomic E-state index is 0.163. The summed E-state index contributed by atoms with van der Waals surface area (Å²) in [6.45, 7) is 3.04. The Hall–Kier alpha value is -2.14. The quantitative estimate of drug-likeness (QED) is 0.674. The first-order valence-electron chi connectivity index (χ1n) is 8.89. The van der Waals surface area contributed by atoms with Crippen LogP contribution in [-0.2, 0) is 0 Å². The van der Waals surface area contributed by atoms with Crippen LogP contribution in [-0.4, -0.2) is 35.5 Å². The molecule has 3 heterocycles. The molecule has 0 aliphatic carbocycles. The van der Waals surface area contributed by atoms with Gasteiger partial charge in [-0.3, -0.25) is 4.79 Å². The maximum absolute atomic E-state index is 13.0. The van der Waals surface area contributed by atoms with Gasteiger partial charge in [0.1, 0.15) is 10.6 Å². The fourth-order valence-corrected chi connectivity index (χ4v) is 4.66. The summed E-state index contributed by atoms with van der Waals surface area (Å²) in [4.78, 5) is 21.5. The number of hydrogen-bond acceptors (Lipinski definition) is 4. The van der Waals surface area contributed by atoms with Gasteiger partial charge in [-0.15, -0.1) is 11.3 Å². The average Bonchev–Trinajstić information content (AvgIpc) is 3.07. The highest BCUT2D eigenvalue weighted by Gasteiger charge is 2.27. The van der Waals surface area contributed by atoms with Crippen molar-refractivity contribution >= 4 is 38.4 Å². The van der Waals surface area contributed by atoms with Crippen LogP contribution in [0.25, 0.3) is 21.1 Å². The zero-order chi connectivity index (χ0) is 17.4. The molecule has 0 N–H and O–H groups in total. The zero-order valence-electron chi connectivity index (χ0n) is 14.6. The molecule has 1 amide bonds. The largest absolute Gasteiger partial charge is 0.497 e. The van der Waals surface area contributed by atoms with E-state index in [1.165, 1.54) is 17.8 Å². The number of hydrogen-bond donors (Lipinski definition) is 0. The first-order chi connectivity index (χ1) is 12.2. The molecule has 0 radical (unpaired) electrons. The molecule has 1 saturated heterocycles. The van der Waals surface area contributed by atoms with Crippen LogP contribution in [0, 0.1) is 0 Å². The molecule has 3 aromatic rings. The Morgan fingerprint density at radius 2 is 2.16 bits per heavy atom. The number of thiophene rings is 1. The van der Waals surface area contributed by atoms with E-state index in [0.717, 1.165) is 57.6 Å². The minimum Gasteiger partial charge on any atom is -0.497 e. The van der Waals surface area contributed by atoms with Gasteiger partial charge in [0.25, 0.3) is 5.91 Å². The van der Waals surface area contributed by atoms with E-state index in [4.69, 9.17) is 9.72 Å². The summed E-state index contributed by atoms with van der Waals surface area (Å²) >= 11 is 1.50. The van der Waals surface area contributed by atoms with E-state index in [9.17, 15) is 4.79 Å². The van der Waals surface area contributed by atoms with Crippen LogP contribution in [0.5, 0.6) is 5.75 Å². The van der Waals surface area contributed by atoms with Gasteiger partial charge in [0.2, 0.25) is 0 Å². The Morgan fingerprint density at radius 3 is 2.96 bits per heavy atom. The van der Waals surface area contributed by atoms with E-state index in [2.05, 4.69) is 17.9 Å². The van der Waals surface area contributed by atoms with Crippen molar-refractivity contribution in [3.63, 3.8) is 0 Å². The number of piperidine rings is 1. The summed E-state index contributed by atoms with van der Waals surface area (Å²) in [7, 11) is 1.66. The Balaban J connectivity index is 1.72. The van der Waals surface area contributed by atoms with Crippen LogP contribution in [0.1, 0.15) is 42.3 Å². The molecule has 4 rings (SSSR count). The molecule has 0 saturated carbocycles. The van der Waals surface area contributed by atoms with Gasteiger partial charge in [0, 0.05) is 23.4 Å². The number of likely N-dealkylation sites (tertiary alicyclic amines) is 1. The fourth-order valence-electron chi connectivity index (χ4n) is 3.68. The molecule has 25 heavy (non-hydrogen) atoms. The van der Waals surface area contributed by atoms with Crippen molar-refractivity contribution in [1.29, 1.82) is 0 Å². The fraction of sp³-hybridized carbons (Fsp3) is 0.400. The van der Waals surface area contributed by atoms with Crippen molar-refractivity contribution in [2.24, 2.45) is 0 Å². The third kappa shape index (κ3) is 2.97. The summed E-state index contributed by atoms with van der Waals surface area (Å²) in [6, 6.07) is 10.3. The molecule has 0 spiro atoms. The normalized spacial score (nSPS) is 18.0. The van der Waals surface area contributed by atoms with Crippen LogP contribution < -0.4 is 4.74 Å². The number of carbonyl (C=O) groups excluding carboxylic acids is 1. The van der Waals surface area contributed by atoms with Crippen LogP contribution >= 0.6 is 11.3 Å². The second-order valence-corrected chi connectivity index (χ2v) is 7.64. The van der Waals surface area contributed by atoms with E-state index in [0.29, 0.717) is 6.04 Å². The number of pyridine rings is 1. The second kappa shape index (κ2) is 6.64. The lowest BCUT2D eigenvalue weighted by molar-refractivity contribution is 0.0613. The van der Waals surface area contributed by atoms with Crippen molar-refractivity contribution in [2.75, 3.05) is 13.7 Å². The maximum Gasteiger partial charge on any atom is 0.264 e. The maximum atomic E-state index is 13.0. The molecule has 0 bridgehead atoms. The van der Waals surface area contributed by atoms with Gasteiger partial charge in [0.05, 0.1) is 17.5 Å². The third-order valence-corrected chi connectivity index (χ3v) is 6.11. The van der Waals surface area contributed by atoms with E-state index in [1.54, 1.807) is 7.11 Å². The number of fused-ring (bicyclic) bond motifs is 2. The molecular formula is C20H22N2O2S. The van der Waals surface area contributed by atoms with E-state index in [1.807, 2.05) is 24.3 Å². The van der Waals surface area contributed by atoms with Gasteiger partial charge in [0.15, 0.2) is 0 Å². The third-order valence-electron chi connectivity index (χ3n) is 5.08. The molecule has 2 aromatic heterocycles. The van der Waals surface area contributed by atoms with E-state index < -0.39 is 0 Å². The van der Waals surface area contributed by atoms with Gasteiger partial charge >= 0.3 is 0 Å². The molecule has 1 aliphatic rings. The summed E-state index contributed by atoms with van der Waals surface area (Å²) in [5, 5.41) is 2.06. The predicted octanol–water partition coefficient (Wildman–Crippen LogP) is 4.86. The summed E-state index contributed by atoms with van der Waals surface area (Å²) in [6.07, 6.45) is 4.48. The first kappa shape index (κ1) is 16.3. The lowest BCUT2D eigenvalue weighted by Gasteiger charge is -2.34. The molecule has 1 aliphatic heterocycles. The number of rotatable bonds is 3. The Kier molecular flexibility index (Phi) is 4.34. The number of aromatic nitrogens is 1. The summed E-state index contributed by atoms with van der Waals surface area (Å²) in [5.74, 6) is 0.982. The molecule has 5 heteroatoms. The lowest BCUT2D eigenvalue weighted by atomic mass is 10.00. The number of amides is 1. The zero-order valence-corrected chi connectivity index (χ0v) is 15.4. The van der Waals surface area contributed by atoms with Crippen LogP contribution in [0.15, 0.2) is 30.3 Å². The SMILES string of the molecule is CCC1CCCCN1C(=O)c1cc2cc3cc(OC)ccc3nc2s1. The predicted molar refractivity (Wildman–Crippen MR) is 103 cm³/mol. The smallest absolute Gasteiger partial charge is 0.264 e. The van der Waals surface area contributed by atoms with Gasteiger partial charge < -0.3 is 9.64 Å². The minimum absolute atomic E-state index is 0.163. The number of benzene rings is 1. The van der Waals surface area contributed by atoms with Crippen LogP contribution in [0.4, 0.5) is 0 Å². The van der Waals surface area contributed by atoms with Gasteiger partial charge in [-0.2, -0.15) is 0 Å². The molecule has 1 aromatic carbocycles. The summed E-state index contributed by atoms with van der Waals surface area (Å²) < 4.78 is 5.30. The van der Waals surface area contributed by atoms with Gasteiger partial charge in [-0.1, -0.05) is 6.92 Å². The van der Waals surface area contributed by atoms with Crippen molar-refractivity contribution in [3.8, 4) is 5.75 Å². The highest BCUT2D eigenvalue weighted by molar-refractivity contribution is 7.20. The highest BCUT2D eigenvalue weighted by Crippen LogP contribution is 2.31. The van der Waals surface area contributed by atoms with Crippen LogP contribution in [0.2, 0.25) is 0 Å². The van der Waals surface area contributed by atoms with Crippen molar-refractivity contribution in [3.05, 3.63) is 35.2 Å². The second-order valence-electron chi connectivity index (χ2n) is 6.61. The topological polar surface area (TPSA) is 42.4 Å². The van der Waals surface area contributed by atoms with Gasteiger partial charge in [-0.05, 0) is 56.0 Å². The van der Waals surface area contributed by atoms with Crippen molar-refractivity contribution in [2.45, 2.75) is 38.6 Å². The Bertz CT molecular complexity index is 934. The number of methoxy groups -OCH3 is 1. The average molecular weight is 354 g/mol. The molecule has 1 unspecified atom stereocenters. The summed E-state index contributed by atoms with van der Waals surface area (Å²) in [5.41, 5.74) is 0.929. The molecule has 1 atom stereocenters. The van der Waals surface area contributed by atoms with Crippen molar-refractivity contribution < 1.29 is 9.53 Å². The number of ether oxygens (including phenoxy) is 1. The lowest BCUT2D eigenvalue weighted by Crippen LogP contribution is -2.43. The number of nitrogens with zero attached hydrogens (tertiary/aromatic N) is 2. The molecule has 4 nitrogen and oxygen atoms in total.